The van der Waals surface area contributed by atoms with Gasteiger partial charge in [-0.05, 0) is 246 Å². The first-order chi connectivity index (χ1) is 52.8. The molecule has 2 heterocycles. The van der Waals surface area contributed by atoms with Crippen LogP contribution in [0, 0.1) is 11.8 Å². The summed E-state index contributed by atoms with van der Waals surface area (Å²) < 4.78 is 57.1. The van der Waals surface area contributed by atoms with Crippen LogP contribution in [-0.4, -0.2) is 136 Å². The fourth-order valence-corrected chi connectivity index (χ4v) is 17.5. The van der Waals surface area contributed by atoms with E-state index in [9.17, 15) is 75.6 Å². The molecule has 2 saturated carbocycles. The number of carbonyl (C=O) groups is 8. The summed E-state index contributed by atoms with van der Waals surface area (Å²) in [5, 5.41) is 52.3. The number of carboxylic acids is 4. The van der Waals surface area contributed by atoms with Crippen molar-refractivity contribution in [1.82, 2.24) is 8.61 Å². The summed E-state index contributed by atoms with van der Waals surface area (Å²) in [6.07, 6.45) is 12.5. The summed E-state index contributed by atoms with van der Waals surface area (Å²) in [4.78, 5) is 104. The van der Waals surface area contributed by atoms with Crippen molar-refractivity contribution in [2.45, 2.75) is 137 Å². The van der Waals surface area contributed by atoms with Crippen LogP contribution < -0.4 is 144 Å². The Bertz CT molecular complexity index is 4600. The number of aliphatic carboxylic acids is 2. The normalized spacial score (nSPS) is 17.1. The summed E-state index contributed by atoms with van der Waals surface area (Å²) in [6.45, 7) is 3.41. The van der Waals surface area contributed by atoms with Crippen LogP contribution in [0.1, 0.15) is 174 Å². The van der Waals surface area contributed by atoms with Gasteiger partial charge in [0.25, 0.3) is 23.6 Å². The van der Waals surface area contributed by atoms with Gasteiger partial charge < -0.3 is 61.1 Å². The molecule has 8 aromatic carbocycles. The van der Waals surface area contributed by atoms with E-state index in [1.165, 1.54) is 95.5 Å². The van der Waals surface area contributed by atoms with Gasteiger partial charge in [0.15, 0.2) is 0 Å². The van der Waals surface area contributed by atoms with E-state index in [2.05, 4.69) is 31.1 Å². The van der Waals surface area contributed by atoms with Crippen molar-refractivity contribution in [3.63, 3.8) is 0 Å². The Morgan fingerprint density at radius 2 is 0.696 bits per heavy atom. The fourth-order valence-electron chi connectivity index (χ4n) is 14.5. The minimum Gasteiger partial charge on any atom is -0.545 e. The van der Waals surface area contributed by atoms with Crippen molar-refractivity contribution in [2.75, 3.05) is 71.3 Å². The van der Waals surface area contributed by atoms with E-state index in [0.29, 0.717) is 88.4 Å². The second-order valence-corrected chi connectivity index (χ2v) is 32.5. The Labute approximate surface area is 738 Å². The van der Waals surface area contributed by atoms with E-state index in [0.717, 1.165) is 98.3 Å². The smallest absolute Gasteiger partial charge is 0.545 e. The number of anilines is 6. The maximum atomic E-state index is 13.9. The van der Waals surface area contributed by atoms with Gasteiger partial charge in [0.1, 0.15) is 0 Å². The molecule has 0 unspecified atom stereocenters. The van der Waals surface area contributed by atoms with Crippen LogP contribution in [-0.2, 0) is 55.3 Å². The molecular formula is C84H90K2N8O16S2. The molecule has 12 rings (SSSR count). The first kappa shape index (κ1) is 88.2. The molecular weight excluding hydrogens is 1520 g/mol. The molecule has 0 aromatic heterocycles. The van der Waals surface area contributed by atoms with Gasteiger partial charge in [-0.25, -0.2) is 16.8 Å². The minimum atomic E-state index is -3.99. The van der Waals surface area contributed by atoms with Crippen molar-refractivity contribution in [1.29, 1.82) is 0 Å². The van der Waals surface area contributed by atoms with Gasteiger partial charge in [-0.15, -0.1) is 0 Å². The second kappa shape index (κ2) is 41.0. The molecule has 0 atom stereocenters. The first-order valence-corrected chi connectivity index (χ1v) is 40.1. The fraction of sp³-hybridized carbons (Fsp3) is 0.333. The van der Waals surface area contributed by atoms with E-state index >= 15 is 0 Å². The number of carboxylic acid groups (broad SMARTS) is 4. The Morgan fingerprint density at radius 3 is 1.00 bits per heavy atom. The zero-order valence-electron chi connectivity index (χ0n) is 63.4. The van der Waals surface area contributed by atoms with Crippen LogP contribution in [0.2, 0.25) is 0 Å². The molecule has 0 radical (unpaired) electrons. The molecule has 4 fully saturated rings. The molecule has 112 heavy (non-hydrogen) atoms. The van der Waals surface area contributed by atoms with Gasteiger partial charge in [-0.2, -0.15) is 8.61 Å². The van der Waals surface area contributed by atoms with Gasteiger partial charge >= 0.3 is 115 Å². The number of benzene rings is 8. The zero-order valence-corrected chi connectivity index (χ0v) is 71.3. The van der Waals surface area contributed by atoms with Crippen molar-refractivity contribution >= 4 is 102 Å². The molecule has 24 nitrogen and oxygen atoms in total. The number of hydrogen-bond acceptors (Lipinski definition) is 16. The topological polar surface area (TPSA) is 352 Å². The third-order valence-corrected chi connectivity index (χ3v) is 25.1. The van der Waals surface area contributed by atoms with Gasteiger partial charge in [0.2, 0.25) is 20.0 Å². The number of rotatable bonds is 26. The predicted molar refractivity (Wildman–Crippen MR) is 416 cm³/mol. The van der Waals surface area contributed by atoms with E-state index < -0.39 is 79.4 Å². The third-order valence-electron chi connectivity index (χ3n) is 21.3. The molecule has 0 spiro atoms. The zero-order chi connectivity index (χ0) is 78.2. The predicted octanol–water partition coefficient (Wildman–Crippen LogP) is 5.20. The molecule has 8 aromatic rings. The molecule has 2 saturated heterocycles. The quantitative estimate of drug-likeness (QED) is 0.0380. The molecule has 2 aliphatic heterocycles. The molecule has 4 amide bonds. The maximum Gasteiger partial charge on any atom is 1.00 e. The van der Waals surface area contributed by atoms with E-state index in [1.807, 2.05) is 36.4 Å². The minimum absolute atomic E-state index is 0. The number of piperidine rings is 2. The van der Waals surface area contributed by atoms with Gasteiger partial charge in [-0.3, -0.25) is 28.8 Å². The summed E-state index contributed by atoms with van der Waals surface area (Å²) in [7, 11) is -5.01. The number of aromatic carboxylic acids is 2. The Morgan fingerprint density at radius 1 is 0.384 bits per heavy atom. The van der Waals surface area contributed by atoms with Crippen molar-refractivity contribution in [2.24, 2.45) is 11.8 Å². The monoisotopic (exact) mass is 1610 g/mol. The molecule has 6 N–H and O–H groups in total. The number of hydrogen-bond donors (Lipinski definition) is 6. The number of sulfonamides is 2. The third kappa shape index (κ3) is 23.3. The summed E-state index contributed by atoms with van der Waals surface area (Å²) in [6, 6.07) is 49.5. The summed E-state index contributed by atoms with van der Waals surface area (Å²) in [5.41, 5.74) is 8.38. The number of carbonyl (C=O) groups excluding carboxylic acids is 6. The standard InChI is InChI=1S/2C42H46N4O8S.2K/c2*1-45(34-20-16-31(17-21-34)42(51)52)55(53,54)36-7-5-6-32(26-36)39(47)44-38-23-22-35(46-24-3-2-4-25-46)27-37(38)40(48)43-33-18-12-29(13-19-33)9-8-28-10-14-30(15-11-28)41(49)50;;/h2*5-7,10-15,18-19,22-23,26-27,31,34H,2-4,8-9,16-17,20-21,24-25H2,1H3,(H,43,48)(H,44,47)(H,49,50)(H,51,52);;/q;;2*+1/p-2/t2*31-,34-;;. The molecule has 2 aliphatic carbocycles. The van der Waals surface area contributed by atoms with Gasteiger partial charge in [0.05, 0.1) is 56.1 Å². The van der Waals surface area contributed by atoms with Crippen LogP contribution in [0.3, 0.4) is 0 Å². The average molecular weight is 1610 g/mol. The summed E-state index contributed by atoms with van der Waals surface area (Å²) in [5.74, 6) is -7.13. The summed E-state index contributed by atoms with van der Waals surface area (Å²) >= 11 is 0. The molecule has 576 valence electrons. The van der Waals surface area contributed by atoms with Crippen LogP contribution in [0.15, 0.2) is 192 Å². The molecule has 4 aliphatic rings. The largest absolute Gasteiger partial charge is 1.00 e. The van der Waals surface area contributed by atoms with Crippen molar-refractivity contribution in [3.05, 3.63) is 238 Å². The van der Waals surface area contributed by atoms with Crippen LogP contribution in [0.4, 0.5) is 34.1 Å². The van der Waals surface area contributed by atoms with Gasteiger partial charge in [-0.1, -0.05) is 84.9 Å². The van der Waals surface area contributed by atoms with Crippen LogP contribution in [0.5, 0.6) is 0 Å². The number of nitrogens with one attached hydrogen (secondary N) is 4. The van der Waals surface area contributed by atoms with E-state index in [4.69, 9.17) is 0 Å². The van der Waals surface area contributed by atoms with Crippen LogP contribution >= 0.6 is 0 Å². The van der Waals surface area contributed by atoms with Crippen molar-refractivity contribution in [3.8, 4) is 0 Å². The number of amides is 4. The maximum absolute atomic E-state index is 13.9. The Balaban J connectivity index is 0.000000253. The Hall–Kier alpha value is -7.79. The average Bonchev–Trinajstić information content (AvgIpc) is 0.799. The van der Waals surface area contributed by atoms with Crippen molar-refractivity contribution < 1.29 is 178 Å². The van der Waals surface area contributed by atoms with Crippen LogP contribution in [0.25, 0.3) is 0 Å². The Kier molecular flexibility index (Phi) is 32.3. The first-order valence-electron chi connectivity index (χ1n) is 37.2. The van der Waals surface area contributed by atoms with Gasteiger partial charge in [0, 0.05) is 86.2 Å². The van der Waals surface area contributed by atoms with E-state index in [1.54, 1.807) is 72.8 Å². The second-order valence-electron chi connectivity index (χ2n) is 28.5. The number of nitrogens with zero attached hydrogens (tertiary/aromatic N) is 4. The SMILES string of the molecule is CN([C@H]1CC[C@H](C(=O)O)CC1)S(=O)(=O)c1cccc(C(=O)Nc2ccc(N3CCCCC3)cc2C(=O)Nc2ccc(CCc3ccc(C(=O)[O-])cc3)cc2)c1.CN([C@H]1CC[C@H](C(=O)O)CC1)S(=O)(=O)c1cccc(C(=O)Nc2ccc(N3CCCCC3)cc2C(=O)Nc2ccc(CCc3ccc(C(=O)[O-])cc3)cc2)c1.[K+].[K+]. The van der Waals surface area contributed by atoms with E-state index in [-0.39, 0.29) is 169 Å². The number of aryl methyl sites for hydroxylation is 4. The molecule has 0 bridgehead atoms. The molecule has 28 heteroatoms.